The van der Waals surface area contributed by atoms with Gasteiger partial charge in [-0.05, 0) is 55.5 Å². The van der Waals surface area contributed by atoms with E-state index in [1.807, 2.05) is 56.6 Å². The van der Waals surface area contributed by atoms with Crippen LogP contribution in [-0.2, 0) is 6.42 Å². The largest absolute Gasteiger partial charge is 0.388 e. The molecule has 7 heteroatoms. The van der Waals surface area contributed by atoms with Crippen LogP contribution in [0.1, 0.15) is 46.1 Å². The molecule has 0 saturated carbocycles. The Morgan fingerprint density at radius 3 is 2.82 bits per heavy atom. The fraction of sp³-hybridized carbons (Fsp3) is 0.231. The number of pyridine rings is 3. The molecule has 33 heavy (non-hydrogen) atoms. The number of aromatic nitrogens is 3. The summed E-state index contributed by atoms with van der Waals surface area (Å²) in [4.78, 5) is 26.6. The molecule has 7 nitrogen and oxygen atoms in total. The van der Waals surface area contributed by atoms with Gasteiger partial charge in [-0.1, -0.05) is 12.1 Å². The fourth-order valence-electron chi connectivity index (χ4n) is 4.43. The van der Waals surface area contributed by atoms with Gasteiger partial charge in [-0.2, -0.15) is 0 Å². The van der Waals surface area contributed by atoms with Crippen LogP contribution < -0.4 is 10.6 Å². The Labute approximate surface area is 191 Å². The molecule has 1 aromatic carbocycles. The van der Waals surface area contributed by atoms with Gasteiger partial charge in [0.2, 0.25) is 0 Å². The summed E-state index contributed by atoms with van der Waals surface area (Å²) < 4.78 is 0. The van der Waals surface area contributed by atoms with Crippen molar-refractivity contribution >= 4 is 28.3 Å². The molecule has 0 bridgehead atoms. The van der Waals surface area contributed by atoms with Gasteiger partial charge in [-0.25, -0.2) is 4.98 Å². The molecule has 1 amide bonds. The molecular weight excluding hydrogens is 414 g/mol. The van der Waals surface area contributed by atoms with Gasteiger partial charge in [0.15, 0.2) is 0 Å². The summed E-state index contributed by atoms with van der Waals surface area (Å²) in [5.74, 6) is 0.568. The van der Waals surface area contributed by atoms with Gasteiger partial charge in [0.25, 0.3) is 5.91 Å². The van der Waals surface area contributed by atoms with Crippen molar-refractivity contribution in [3.63, 3.8) is 0 Å². The molecule has 166 valence electrons. The zero-order chi connectivity index (χ0) is 22.9. The number of aliphatic hydroxyl groups excluding tert-OH is 1. The molecule has 1 aliphatic rings. The SMILES string of the molecule is CNc1cc2ncc(-c3cc(NC(=O)c4cccc5c4CCC[C@@H]5O)cnc3C)cc2cn1. The number of hydrogen-bond acceptors (Lipinski definition) is 6. The van der Waals surface area contributed by atoms with Crippen molar-refractivity contribution in [3.05, 3.63) is 77.4 Å². The van der Waals surface area contributed by atoms with Crippen LogP contribution in [0.25, 0.3) is 22.0 Å². The number of nitrogens with one attached hydrogen (secondary N) is 2. The molecule has 3 N–H and O–H groups in total. The first-order chi connectivity index (χ1) is 16.0. The molecule has 4 aromatic rings. The summed E-state index contributed by atoms with van der Waals surface area (Å²) in [6.07, 6.45) is 7.15. The first kappa shape index (κ1) is 21.0. The first-order valence-electron chi connectivity index (χ1n) is 11.1. The molecular formula is C26H25N5O2. The fourth-order valence-corrected chi connectivity index (χ4v) is 4.43. The first-order valence-corrected chi connectivity index (χ1v) is 11.1. The predicted octanol–water partition coefficient (Wildman–Crippen LogP) is 4.66. The van der Waals surface area contributed by atoms with Gasteiger partial charge in [0.05, 0.1) is 23.5 Å². The predicted molar refractivity (Wildman–Crippen MR) is 129 cm³/mol. The molecule has 1 aliphatic carbocycles. The second kappa shape index (κ2) is 8.60. The Balaban J connectivity index is 1.46. The van der Waals surface area contributed by atoms with Crippen LogP contribution in [0, 0.1) is 6.92 Å². The van der Waals surface area contributed by atoms with E-state index >= 15 is 0 Å². The number of amides is 1. The van der Waals surface area contributed by atoms with E-state index in [1.54, 1.807) is 12.4 Å². The molecule has 3 heterocycles. The van der Waals surface area contributed by atoms with Crippen LogP contribution in [0.3, 0.4) is 0 Å². The van der Waals surface area contributed by atoms with E-state index in [2.05, 4.69) is 25.6 Å². The molecule has 0 radical (unpaired) electrons. The van der Waals surface area contributed by atoms with Crippen molar-refractivity contribution in [3.8, 4) is 11.1 Å². The molecule has 0 saturated heterocycles. The Kier molecular flexibility index (Phi) is 5.48. The minimum atomic E-state index is -0.506. The molecule has 0 fully saturated rings. The van der Waals surface area contributed by atoms with E-state index < -0.39 is 6.10 Å². The highest BCUT2D eigenvalue weighted by Gasteiger charge is 2.23. The van der Waals surface area contributed by atoms with Crippen molar-refractivity contribution in [1.82, 2.24) is 15.0 Å². The number of carbonyl (C=O) groups is 1. The topological polar surface area (TPSA) is 100 Å². The van der Waals surface area contributed by atoms with Crippen molar-refractivity contribution in [1.29, 1.82) is 0 Å². The summed E-state index contributed by atoms with van der Waals surface area (Å²) in [6.45, 7) is 1.93. The van der Waals surface area contributed by atoms with E-state index in [0.29, 0.717) is 11.3 Å². The zero-order valence-corrected chi connectivity index (χ0v) is 18.6. The van der Waals surface area contributed by atoms with E-state index in [9.17, 15) is 9.90 Å². The second-order valence-electron chi connectivity index (χ2n) is 8.33. The Bertz CT molecular complexity index is 1370. The lowest BCUT2D eigenvalue weighted by molar-refractivity contribution is 0.102. The summed E-state index contributed by atoms with van der Waals surface area (Å²) >= 11 is 0. The van der Waals surface area contributed by atoms with Gasteiger partial charge in [0, 0.05) is 53.3 Å². The number of aliphatic hydroxyl groups is 1. The second-order valence-corrected chi connectivity index (χ2v) is 8.33. The maximum absolute atomic E-state index is 13.1. The molecule has 0 aliphatic heterocycles. The number of nitrogens with zero attached hydrogens (tertiary/aromatic N) is 3. The van der Waals surface area contributed by atoms with E-state index in [-0.39, 0.29) is 5.91 Å². The number of carbonyl (C=O) groups excluding carboxylic acids is 1. The number of benzene rings is 1. The lowest BCUT2D eigenvalue weighted by Gasteiger charge is -2.23. The van der Waals surface area contributed by atoms with Crippen LogP contribution in [0.4, 0.5) is 11.5 Å². The van der Waals surface area contributed by atoms with Crippen LogP contribution in [0.15, 0.2) is 55.0 Å². The standard InChI is InChI=1S/C26H25N5O2/c1-15-22(16-9-17-13-30-25(27-2)11-23(17)29-12-16)10-18(14-28-15)31-26(33)21-7-3-6-20-19(21)5-4-8-24(20)32/h3,6-7,9-14,24,32H,4-5,8H2,1-2H3,(H,27,30)(H,31,33)/t24-/m0/s1. The molecule has 0 spiro atoms. The number of anilines is 2. The number of fused-ring (bicyclic) bond motifs is 2. The highest BCUT2D eigenvalue weighted by molar-refractivity contribution is 6.05. The number of hydrogen-bond donors (Lipinski definition) is 3. The average Bonchev–Trinajstić information content (AvgIpc) is 2.84. The van der Waals surface area contributed by atoms with Gasteiger partial charge in [-0.15, -0.1) is 0 Å². The molecule has 3 aromatic heterocycles. The monoisotopic (exact) mass is 439 g/mol. The summed E-state index contributed by atoms with van der Waals surface area (Å²) in [6, 6.07) is 11.4. The lowest BCUT2D eigenvalue weighted by Crippen LogP contribution is -2.19. The van der Waals surface area contributed by atoms with Crippen molar-refractivity contribution < 1.29 is 9.90 Å². The lowest BCUT2D eigenvalue weighted by atomic mass is 9.86. The maximum Gasteiger partial charge on any atom is 0.255 e. The average molecular weight is 440 g/mol. The Morgan fingerprint density at radius 1 is 1.09 bits per heavy atom. The highest BCUT2D eigenvalue weighted by atomic mass is 16.3. The normalized spacial score (nSPS) is 15.2. The van der Waals surface area contributed by atoms with Crippen LogP contribution in [-0.4, -0.2) is 33.0 Å². The molecule has 5 rings (SSSR count). The minimum absolute atomic E-state index is 0.196. The third-order valence-corrected chi connectivity index (χ3v) is 6.20. The van der Waals surface area contributed by atoms with Gasteiger partial charge in [0.1, 0.15) is 5.82 Å². The third kappa shape index (κ3) is 4.03. The highest BCUT2D eigenvalue weighted by Crippen LogP contribution is 2.32. The zero-order valence-electron chi connectivity index (χ0n) is 18.6. The van der Waals surface area contributed by atoms with Crippen molar-refractivity contribution in [2.75, 3.05) is 17.7 Å². The number of aryl methyl sites for hydroxylation is 1. The number of rotatable bonds is 4. The quantitative estimate of drug-likeness (QED) is 0.428. The summed E-state index contributed by atoms with van der Waals surface area (Å²) in [5, 5.41) is 17.2. The van der Waals surface area contributed by atoms with Crippen LogP contribution >= 0.6 is 0 Å². The van der Waals surface area contributed by atoms with Gasteiger partial charge >= 0.3 is 0 Å². The minimum Gasteiger partial charge on any atom is -0.388 e. The van der Waals surface area contributed by atoms with Crippen molar-refractivity contribution in [2.24, 2.45) is 0 Å². The smallest absolute Gasteiger partial charge is 0.255 e. The van der Waals surface area contributed by atoms with Crippen LogP contribution in [0.2, 0.25) is 0 Å². The van der Waals surface area contributed by atoms with Gasteiger partial charge in [-0.3, -0.25) is 14.8 Å². The summed E-state index contributed by atoms with van der Waals surface area (Å²) in [5.41, 5.74) is 6.49. The molecule has 0 unspecified atom stereocenters. The Hall–Kier alpha value is -3.84. The van der Waals surface area contributed by atoms with E-state index in [4.69, 9.17) is 0 Å². The third-order valence-electron chi connectivity index (χ3n) is 6.20. The van der Waals surface area contributed by atoms with E-state index in [0.717, 1.165) is 63.9 Å². The molecule has 1 atom stereocenters. The Morgan fingerprint density at radius 2 is 1.97 bits per heavy atom. The van der Waals surface area contributed by atoms with Crippen molar-refractivity contribution in [2.45, 2.75) is 32.3 Å². The van der Waals surface area contributed by atoms with E-state index in [1.165, 1.54) is 0 Å². The summed E-state index contributed by atoms with van der Waals surface area (Å²) in [7, 11) is 1.82. The maximum atomic E-state index is 13.1. The van der Waals surface area contributed by atoms with Gasteiger partial charge < -0.3 is 15.7 Å². The van der Waals surface area contributed by atoms with Crippen LogP contribution in [0.5, 0.6) is 0 Å².